The molecule has 84 valence electrons. The van der Waals surface area contributed by atoms with E-state index in [1.807, 2.05) is 13.8 Å². The molecule has 0 N–H and O–H groups in total. The number of methoxy groups -OCH3 is 1. The van der Waals surface area contributed by atoms with E-state index in [0.29, 0.717) is 24.0 Å². The number of hydrogen-bond acceptors (Lipinski definition) is 3. The van der Waals surface area contributed by atoms with Crippen molar-refractivity contribution in [2.75, 3.05) is 7.11 Å². The molecule has 0 aliphatic heterocycles. The molecule has 2 rings (SSSR count). The molecule has 0 saturated heterocycles. The molecule has 3 heteroatoms. The van der Waals surface area contributed by atoms with Gasteiger partial charge in [0, 0.05) is 12.3 Å². The van der Waals surface area contributed by atoms with Gasteiger partial charge in [-0.2, -0.15) is 0 Å². The zero-order valence-electron chi connectivity index (χ0n) is 9.58. The normalized spacial score (nSPS) is 44.2. The Morgan fingerprint density at radius 1 is 1.47 bits per heavy atom. The van der Waals surface area contributed by atoms with Gasteiger partial charge in [-0.1, -0.05) is 6.92 Å². The van der Waals surface area contributed by atoms with Crippen molar-refractivity contribution in [1.82, 2.24) is 0 Å². The van der Waals surface area contributed by atoms with Crippen molar-refractivity contribution < 1.29 is 14.3 Å². The minimum absolute atomic E-state index is 0.114. The summed E-state index contributed by atoms with van der Waals surface area (Å²) < 4.78 is 4.84. The minimum atomic E-state index is -0.348. The number of Topliss-reactive ketones (excluding diaryl/α,β-unsaturated/α-hetero) is 1. The van der Waals surface area contributed by atoms with Crippen molar-refractivity contribution in [2.45, 2.75) is 33.1 Å². The molecule has 3 nitrogen and oxygen atoms in total. The van der Waals surface area contributed by atoms with Gasteiger partial charge >= 0.3 is 5.97 Å². The molecule has 0 radical (unpaired) electrons. The molecule has 2 aliphatic carbocycles. The van der Waals surface area contributed by atoms with Crippen LogP contribution in [0.2, 0.25) is 0 Å². The standard InChI is InChI=1S/C12H18O3/c1-7-9-6-12(2,11(14)15-3)5-8(9)4-10(7)13/h7-9H,4-6H2,1-3H3/t7?,8-,9-,12-/m0/s1. The van der Waals surface area contributed by atoms with Crippen molar-refractivity contribution >= 4 is 11.8 Å². The van der Waals surface area contributed by atoms with Crippen molar-refractivity contribution in [2.24, 2.45) is 23.2 Å². The van der Waals surface area contributed by atoms with Crippen LogP contribution in [0.15, 0.2) is 0 Å². The molecule has 2 aliphatic rings. The summed E-state index contributed by atoms with van der Waals surface area (Å²) in [6.45, 7) is 3.96. The summed E-state index contributed by atoms with van der Waals surface area (Å²) in [6, 6.07) is 0. The Labute approximate surface area is 90.2 Å². The van der Waals surface area contributed by atoms with Gasteiger partial charge in [-0.05, 0) is 31.6 Å². The summed E-state index contributed by atoms with van der Waals surface area (Å²) in [5.41, 5.74) is -0.348. The van der Waals surface area contributed by atoms with E-state index in [0.717, 1.165) is 12.8 Å². The first-order valence-corrected chi connectivity index (χ1v) is 5.59. The first kappa shape index (κ1) is 10.7. The SMILES string of the molecule is COC(=O)[C@@]1(C)C[C@@H]2CC(=O)C(C)[C@@H]2C1. The largest absolute Gasteiger partial charge is 0.469 e. The highest BCUT2D eigenvalue weighted by Crippen LogP contribution is 2.54. The topological polar surface area (TPSA) is 43.4 Å². The van der Waals surface area contributed by atoms with E-state index in [1.165, 1.54) is 7.11 Å². The first-order chi connectivity index (χ1) is 6.98. The van der Waals surface area contributed by atoms with Gasteiger partial charge < -0.3 is 4.74 Å². The zero-order chi connectivity index (χ0) is 11.2. The van der Waals surface area contributed by atoms with Gasteiger partial charge in [0.1, 0.15) is 5.78 Å². The lowest BCUT2D eigenvalue weighted by Crippen LogP contribution is -2.27. The van der Waals surface area contributed by atoms with Gasteiger partial charge in [-0.3, -0.25) is 9.59 Å². The number of carbonyl (C=O) groups excluding carboxylic acids is 2. The van der Waals surface area contributed by atoms with Crippen LogP contribution in [0.1, 0.15) is 33.1 Å². The Bertz CT molecular complexity index is 310. The molecule has 2 saturated carbocycles. The molecule has 0 aromatic carbocycles. The van der Waals surface area contributed by atoms with Crippen molar-refractivity contribution in [3.8, 4) is 0 Å². The van der Waals surface area contributed by atoms with Crippen LogP contribution in [-0.4, -0.2) is 18.9 Å². The average molecular weight is 210 g/mol. The predicted molar refractivity (Wildman–Crippen MR) is 55.1 cm³/mol. The molecule has 15 heavy (non-hydrogen) atoms. The van der Waals surface area contributed by atoms with Gasteiger partial charge in [0.2, 0.25) is 0 Å². The third-order valence-electron chi connectivity index (χ3n) is 4.30. The predicted octanol–water partition coefficient (Wildman–Crippen LogP) is 1.80. The second-order valence-corrected chi connectivity index (χ2v) is 5.34. The number of ketones is 1. The number of fused-ring (bicyclic) bond motifs is 1. The Morgan fingerprint density at radius 3 is 2.67 bits per heavy atom. The Morgan fingerprint density at radius 2 is 2.13 bits per heavy atom. The maximum atomic E-state index is 11.6. The second kappa shape index (κ2) is 3.32. The Kier molecular flexibility index (Phi) is 2.36. The molecule has 2 fully saturated rings. The summed E-state index contributed by atoms with van der Waals surface area (Å²) in [5.74, 6) is 1.22. The monoisotopic (exact) mass is 210 g/mol. The second-order valence-electron chi connectivity index (χ2n) is 5.34. The number of rotatable bonds is 1. The van der Waals surface area contributed by atoms with Crippen LogP contribution in [0.5, 0.6) is 0 Å². The molecular formula is C12H18O3. The minimum Gasteiger partial charge on any atom is -0.469 e. The van der Waals surface area contributed by atoms with Gasteiger partial charge in [0.15, 0.2) is 0 Å². The van der Waals surface area contributed by atoms with Crippen LogP contribution < -0.4 is 0 Å². The van der Waals surface area contributed by atoms with E-state index >= 15 is 0 Å². The van der Waals surface area contributed by atoms with Gasteiger partial charge in [-0.15, -0.1) is 0 Å². The molecule has 0 heterocycles. The molecule has 0 amide bonds. The summed E-state index contributed by atoms with van der Waals surface area (Å²) in [5, 5.41) is 0. The van der Waals surface area contributed by atoms with E-state index in [1.54, 1.807) is 0 Å². The molecule has 0 aromatic heterocycles. The molecule has 0 bridgehead atoms. The number of ether oxygens (including phenoxy) is 1. The summed E-state index contributed by atoms with van der Waals surface area (Å²) in [6.07, 6.45) is 2.30. The number of esters is 1. The molecule has 4 atom stereocenters. The van der Waals surface area contributed by atoms with Crippen LogP contribution in [0.3, 0.4) is 0 Å². The van der Waals surface area contributed by atoms with E-state index in [-0.39, 0.29) is 17.3 Å². The first-order valence-electron chi connectivity index (χ1n) is 5.59. The van der Waals surface area contributed by atoms with E-state index in [4.69, 9.17) is 4.74 Å². The van der Waals surface area contributed by atoms with Crippen molar-refractivity contribution in [1.29, 1.82) is 0 Å². The number of hydrogen-bond donors (Lipinski definition) is 0. The van der Waals surface area contributed by atoms with Gasteiger partial charge in [0.05, 0.1) is 12.5 Å². The highest BCUT2D eigenvalue weighted by Gasteiger charge is 2.53. The van der Waals surface area contributed by atoms with Gasteiger partial charge in [0.25, 0.3) is 0 Å². The zero-order valence-corrected chi connectivity index (χ0v) is 9.58. The third-order valence-corrected chi connectivity index (χ3v) is 4.30. The third kappa shape index (κ3) is 1.48. The number of carbonyl (C=O) groups is 2. The fourth-order valence-corrected chi connectivity index (χ4v) is 3.40. The Balaban J connectivity index is 2.15. The quantitative estimate of drug-likeness (QED) is 0.620. The van der Waals surface area contributed by atoms with Gasteiger partial charge in [-0.25, -0.2) is 0 Å². The van der Waals surface area contributed by atoms with Crippen LogP contribution in [0.4, 0.5) is 0 Å². The molecular weight excluding hydrogens is 192 g/mol. The summed E-state index contributed by atoms with van der Waals surface area (Å²) in [4.78, 5) is 23.2. The van der Waals surface area contributed by atoms with Crippen LogP contribution in [0, 0.1) is 23.2 Å². The van der Waals surface area contributed by atoms with E-state index in [2.05, 4.69) is 0 Å². The lowest BCUT2D eigenvalue weighted by atomic mass is 9.84. The summed E-state index contributed by atoms with van der Waals surface area (Å²) in [7, 11) is 1.44. The van der Waals surface area contributed by atoms with Crippen molar-refractivity contribution in [3.05, 3.63) is 0 Å². The van der Waals surface area contributed by atoms with E-state index < -0.39 is 0 Å². The average Bonchev–Trinajstić information content (AvgIpc) is 2.64. The Hall–Kier alpha value is -0.860. The smallest absolute Gasteiger partial charge is 0.311 e. The summed E-state index contributed by atoms with van der Waals surface area (Å²) >= 11 is 0. The van der Waals surface area contributed by atoms with Crippen LogP contribution in [0.25, 0.3) is 0 Å². The molecule has 1 unspecified atom stereocenters. The highest BCUT2D eigenvalue weighted by atomic mass is 16.5. The lowest BCUT2D eigenvalue weighted by molar-refractivity contribution is -0.152. The maximum Gasteiger partial charge on any atom is 0.311 e. The lowest BCUT2D eigenvalue weighted by Gasteiger charge is -2.22. The molecule has 0 spiro atoms. The fourth-order valence-electron chi connectivity index (χ4n) is 3.40. The van der Waals surface area contributed by atoms with Crippen LogP contribution >= 0.6 is 0 Å². The molecule has 0 aromatic rings. The maximum absolute atomic E-state index is 11.6. The van der Waals surface area contributed by atoms with E-state index in [9.17, 15) is 9.59 Å². The van der Waals surface area contributed by atoms with Crippen LogP contribution in [-0.2, 0) is 14.3 Å². The van der Waals surface area contributed by atoms with Crippen molar-refractivity contribution in [3.63, 3.8) is 0 Å². The fraction of sp³-hybridized carbons (Fsp3) is 0.833. The highest BCUT2D eigenvalue weighted by molar-refractivity contribution is 5.85.